The van der Waals surface area contributed by atoms with Crippen LogP contribution < -0.4 is 5.32 Å². The van der Waals surface area contributed by atoms with Gasteiger partial charge in [-0.2, -0.15) is 0 Å². The van der Waals surface area contributed by atoms with Crippen molar-refractivity contribution in [1.29, 1.82) is 0 Å². The van der Waals surface area contributed by atoms with Gasteiger partial charge in [0.1, 0.15) is 5.82 Å². The fraction of sp³-hybridized carbons (Fsp3) is 0.231. The molecule has 1 aliphatic carbocycles. The minimum Gasteiger partial charge on any atom is -0.298 e. The van der Waals surface area contributed by atoms with Gasteiger partial charge in [0.25, 0.3) is 5.91 Å². The second-order valence-electron chi connectivity index (χ2n) is 4.18. The molecule has 0 aliphatic heterocycles. The van der Waals surface area contributed by atoms with Crippen LogP contribution in [0.3, 0.4) is 0 Å². The summed E-state index contributed by atoms with van der Waals surface area (Å²) in [7, 11) is 0. The van der Waals surface area contributed by atoms with Crippen molar-refractivity contribution in [3.8, 4) is 0 Å². The Kier molecular flexibility index (Phi) is 2.83. The maximum atomic E-state index is 13.4. The Morgan fingerprint density at radius 1 is 1.33 bits per heavy atom. The van der Waals surface area contributed by atoms with E-state index in [0.29, 0.717) is 5.13 Å². The number of fused-ring (bicyclic) bond motifs is 1. The van der Waals surface area contributed by atoms with E-state index in [1.54, 1.807) is 12.1 Å². The number of carbonyl (C=O) groups is 1. The van der Waals surface area contributed by atoms with E-state index in [-0.39, 0.29) is 5.56 Å². The number of aryl methyl sites for hydroxylation is 2. The number of rotatable bonds is 2. The molecule has 3 rings (SSSR count). The average Bonchev–Trinajstić information content (AvgIpc) is 2.90. The molecule has 0 saturated carbocycles. The van der Waals surface area contributed by atoms with Crippen LogP contribution in [0.4, 0.5) is 9.52 Å². The zero-order valence-corrected chi connectivity index (χ0v) is 10.4. The molecule has 5 heteroatoms. The summed E-state index contributed by atoms with van der Waals surface area (Å²) in [6, 6.07) is 5.94. The maximum absolute atomic E-state index is 13.4. The van der Waals surface area contributed by atoms with E-state index in [4.69, 9.17) is 0 Å². The minimum absolute atomic E-state index is 0.0489. The van der Waals surface area contributed by atoms with Gasteiger partial charge in [0, 0.05) is 4.88 Å². The number of anilines is 1. The lowest BCUT2D eigenvalue weighted by atomic mass is 10.2. The largest absolute Gasteiger partial charge is 0.298 e. The smallest absolute Gasteiger partial charge is 0.260 e. The topological polar surface area (TPSA) is 42.0 Å². The van der Waals surface area contributed by atoms with E-state index < -0.39 is 11.7 Å². The average molecular weight is 262 g/mol. The van der Waals surface area contributed by atoms with Crippen LogP contribution >= 0.6 is 11.3 Å². The van der Waals surface area contributed by atoms with Crippen LogP contribution in [0.5, 0.6) is 0 Å². The molecule has 1 amide bonds. The van der Waals surface area contributed by atoms with Crippen LogP contribution in [-0.4, -0.2) is 10.9 Å². The molecule has 1 aromatic heterocycles. The van der Waals surface area contributed by atoms with Gasteiger partial charge < -0.3 is 0 Å². The first-order valence-corrected chi connectivity index (χ1v) is 6.60. The third kappa shape index (κ3) is 2.01. The fourth-order valence-electron chi connectivity index (χ4n) is 2.05. The number of amides is 1. The molecule has 0 saturated heterocycles. The Morgan fingerprint density at radius 2 is 2.17 bits per heavy atom. The number of aromatic nitrogens is 1. The van der Waals surface area contributed by atoms with Gasteiger partial charge in [-0.15, -0.1) is 11.3 Å². The quantitative estimate of drug-likeness (QED) is 0.904. The predicted octanol–water partition coefficient (Wildman–Crippen LogP) is 3.02. The number of benzene rings is 1. The predicted molar refractivity (Wildman–Crippen MR) is 68.5 cm³/mol. The maximum Gasteiger partial charge on any atom is 0.260 e. The first-order chi connectivity index (χ1) is 8.74. The van der Waals surface area contributed by atoms with E-state index >= 15 is 0 Å². The van der Waals surface area contributed by atoms with Crippen LogP contribution in [-0.2, 0) is 12.8 Å². The summed E-state index contributed by atoms with van der Waals surface area (Å²) in [5, 5.41) is 3.22. The van der Waals surface area contributed by atoms with E-state index in [1.165, 1.54) is 28.3 Å². The van der Waals surface area contributed by atoms with Gasteiger partial charge >= 0.3 is 0 Å². The fourth-order valence-corrected chi connectivity index (χ4v) is 3.10. The molecule has 0 unspecified atom stereocenters. The van der Waals surface area contributed by atoms with Crippen LogP contribution in [0.2, 0.25) is 0 Å². The first kappa shape index (κ1) is 11.3. The minimum atomic E-state index is -0.515. The summed E-state index contributed by atoms with van der Waals surface area (Å²) < 4.78 is 13.4. The normalized spacial score (nSPS) is 13.4. The van der Waals surface area contributed by atoms with Gasteiger partial charge in [0.2, 0.25) is 0 Å². The van der Waals surface area contributed by atoms with Gasteiger partial charge in [-0.05, 0) is 31.4 Å². The third-order valence-electron chi connectivity index (χ3n) is 2.93. The summed E-state index contributed by atoms with van der Waals surface area (Å²) in [5.74, 6) is -0.959. The van der Waals surface area contributed by atoms with Crippen molar-refractivity contribution in [2.24, 2.45) is 0 Å². The van der Waals surface area contributed by atoms with Crippen LogP contribution in [0.25, 0.3) is 0 Å². The molecule has 0 radical (unpaired) electrons. The number of nitrogens with zero attached hydrogens (tertiary/aromatic N) is 1. The van der Waals surface area contributed by atoms with Crippen LogP contribution in [0.15, 0.2) is 24.3 Å². The van der Waals surface area contributed by atoms with Gasteiger partial charge in [0.05, 0.1) is 11.3 Å². The molecule has 0 spiro atoms. The lowest BCUT2D eigenvalue weighted by Crippen LogP contribution is -2.13. The Hall–Kier alpha value is -1.75. The number of halogens is 1. The highest BCUT2D eigenvalue weighted by Gasteiger charge is 2.19. The van der Waals surface area contributed by atoms with E-state index in [9.17, 15) is 9.18 Å². The Bertz CT molecular complexity index is 587. The van der Waals surface area contributed by atoms with Gasteiger partial charge in [-0.1, -0.05) is 12.1 Å². The Labute approximate surface area is 108 Å². The second-order valence-corrected chi connectivity index (χ2v) is 5.26. The van der Waals surface area contributed by atoms with Crippen molar-refractivity contribution < 1.29 is 9.18 Å². The number of hydrogen-bond donors (Lipinski definition) is 1. The van der Waals surface area contributed by atoms with E-state index in [1.807, 2.05) is 0 Å². The second kappa shape index (κ2) is 4.49. The van der Waals surface area contributed by atoms with Crippen molar-refractivity contribution in [2.45, 2.75) is 19.3 Å². The molecule has 1 heterocycles. The van der Waals surface area contributed by atoms with Crippen molar-refractivity contribution in [1.82, 2.24) is 4.98 Å². The van der Waals surface area contributed by atoms with Crippen molar-refractivity contribution in [3.05, 3.63) is 46.2 Å². The molecule has 3 nitrogen and oxygen atoms in total. The molecule has 2 aromatic rings. The standard InChI is InChI=1S/C13H11FN2OS/c14-9-5-2-1-4-8(9)12(17)16-13-15-10-6-3-7-11(10)18-13/h1-2,4-5H,3,6-7H2,(H,15,16,17). The third-order valence-corrected chi connectivity index (χ3v) is 4.01. The lowest BCUT2D eigenvalue weighted by molar-refractivity contribution is 0.102. The first-order valence-electron chi connectivity index (χ1n) is 5.78. The van der Waals surface area contributed by atoms with Crippen molar-refractivity contribution in [2.75, 3.05) is 5.32 Å². The number of carbonyl (C=O) groups excluding carboxylic acids is 1. The highest BCUT2D eigenvalue weighted by Crippen LogP contribution is 2.30. The van der Waals surface area contributed by atoms with Crippen LogP contribution in [0, 0.1) is 5.82 Å². The number of thiazole rings is 1. The number of hydrogen-bond acceptors (Lipinski definition) is 3. The molecule has 1 N–H and O–H groups in total. The van der Waals surface area contributed by atoms with Gasteiger partial charge in [-0.3, -0.25) is 10.1 Å². The highest BCUT2D eigenvalue weighted by atomic mass is 32.1. The Balaban J connectivity index is 1.80. The molecule has 0 atom stereocenters. The zero-order chi connectivity index (χ0) is 12.5. The van der Waals surface area contributed by atoms with Crippen molar-refractivity contribution >= 4 is 22.4 Å². The molecule has 92 valence electrons. The summed E-state index contributed by atoms with van der Waals surface area (Å²) in [5.41, 5.74) is 1.12. The summed E-state index contributed by atoms with van der Waals surface area (Å²) in [6.07, 6.45) is 3.14. The molecular weight excluding hydrogens is 251 g/mol. The summed E-state index contributed by atoms with van der Waals surface area (Å²) >= 11 is 1.49. The van der Waals surface area contributed by atoms with E-state index in [2.05, 4.69) is 10.3 Å². The molecular formula is C13H11FN2OS. The summed E-state index contributed by atoms with van der Waals surface area (Å²) in [6.45, 7) is 0. The number of nitrogens with one attached hydrogen (secondary N) is 1. The lowest BCUT2D eigenvalue weighted by Gasteiger charge is -2.02. The molecule has 1 aromatic carbocycles. The molecule has 0 bridgehead atoms. The monoisotopic (exact) mass is 262 g/mol. The van der Waals surface area contributed by atoms with E-state index in [0.717, 1.165) is 25.0 Å². The SMILES string of the molecule is O=C(Nc1nc2c(s1)CCC2)c1ccccc1F. The Morgan fingerprint density at radius 3 is 2.94 bits per heavy atom. The molecule has 0 fully saturated rings. The van der Waals surface area contributed by atoms with Gasteiger partial charge in [-0.25, -0.2) is 9.37 Å². The van der Waals surface area contributed by atoms with Gasteiger partial charge in [0.15, 0.2) is 5.13 Å². The zero-order valence-electron chi connectivity index (χ0n) is 9.57. The van der Waals surface area contributed by atoms with Crippen molar-refractivity contribution in [3.63, 3.8) is 0 Å². The highest BCUT2D eigenvalue weighted by molar-refractivity contribution is 7.15. The summed E-state index contributed by atoms with van der Waals surface area (Å²) in [4.78, 5) is 17.5. The molecule has 1 aliphatic rings. The van der Waals surface area contributed by atoms with Crippen LogP contribution in [0.1, 0.15) is 27.3 Å². The molecule has 18 heavy (non-hydrogen) atoms.